The maximum Gasteiger partial charge on any atom is 0.410 e. The zero-order valence-corrected chi connectivity index (χ0v) is 37.2. The predicted molar refractivity (Wildman–Crippen MR) is 228 cm³/mol. The Morgan fingerprint density at radius 3 is 2.40 bits per heavy atom. The molecule has 3 aliphatic heterocycles. The van der Waals surface area contributed by atoms with E-state index in [1.54, 1.807) is 19.2 Å². The predicted octanol–water partition coefficient (Wildman–Crippen LogP) is 9.75. The number of hydrogen-bond acceptors (Lipinski definition) is 10. The molecule has 2 bridgehead atoms. The minimum Gasteiger partial charge on any atom is -0.469 e. The molecule has 4 aromatic rings. The van der Waals surface area contributed by atoms with Crippen molar-refractivity contribution in [3.05, 3.63) is 47.5 Å². The number of carbonyl (C=O) groups is 1. The highest BCUT2D eigenvalue weighted by molar-refractivity contribution is 7.98. The average molecular weight is 832 g/mol. The van der Waals surface area contributed by atoms with E-state index in [0.29, 0.717) is 62.3 Å². The number of amides is 1. The van der Waals surface area contributed by atoms with Crippen LogP contribution in [0.25, 0.3) is 32.9 Å². The Hall–Kier alpha value is -4.03. The lowest BCUT2D eigenvalue weighted by Crippen LogP contribution is -2.66. The first kappa shape index (κ1) is 42.1. The van der Waals surface area contributed by atoms with Gasteiger partial charge >= 0.3 is 6.09 Å². The second kappa shape index (κ2) is 16.2. The summed E-state index contributed by atoms with van der Waals surface area (Å²) in [5.74, 6) is 2.80. The van der Waals surface area contributed by atoms with Gasteiger partial charge in [0.25, 0.3) is 0 Å². The number of rotatable bonds is 9. The summed E-state index contributed by atoms with van der Waals surface area (Å²) in [5, 5.41) is 1.88. The third-order valence-corrected chi connectivity index (χ3v) is 19.0. The molecular formula is C44H55F2N5O5SSi. The molecule has 4 atom stereocenters. The number of halogens is 2. The van der Waals surface area contributed by atoms with Gasteiger partial charge in [0.15, 0.2) is 11.0 Å². The van der Waals surface area contributed by atoms with Gasteiger partial charge < -0.3 is 23.8 Å². The van der Waals surface area contributed by atoms with Crippen molar-refractivity contribution in [2.45, 2.75) is 127 Å². The second-order valence-corrected chi connectivity index (χ2v) is 23.9. The Morgan fingerprint density at radius 1 is 1.02 bits per heavy atom. The van der Waals surface area contributed by atoms with Gasteiger partial charge in [-0.15, -0.1) is 5.54 Å². The Balaban J connectivity index is 1.45. The van der Waals surface area contributed by atoms with Gasteiger partial charge in [0.05, 0.1) is 30.3 Å². The van der Waals surface area contributed by atoms with Gasteiger partial charge in [0.1, 0.15) is 54.8 Å². The number of pyridine rings is 1. The summed E-state index contributed by atoms with van der Waals surface area (Å²) in [7, 11) is -0.732. The molecule has 0 N–H and O–H groups in total. The number of aromatic nitrogens is 3. The first-order valence-electron chi connectivity index (χ1n) is 20.2. The SMILES string of the molecule is COCOC[C@@H]1Oc2nc(-c3cccc4ccc(F)c(C#C[Si](C(C)C)(C(C)C)C(C)C)c34)c(F)c3nc(SC)nc(c23)N2C[C@H]3CC[C@@H]([C@@H]12)N3C(=O)OC(C)(C)C. The van der Waals surface area contributed by atoms with Gasteiger partial charge in [-0.2, -0.15) is 0 Å². The van der Waals surface area contributed by atoms with E-state index in [2.05, 4.69) is 57.9 Å². The van der Waals surface area contributed by atoms with E-state index >= 15 is 8.78 Å². The number of anilines is 1. The molecule has 2 aromatic heterocycles. The average Bonchev–Trinajstić information content (AvgIpc) is 3.41. The zero-order valence-electron chi connectivity index (χ0n) is 35.4. The van der Waals surface area contributed by atoms with E-state index in [0.717, 1.165) is 6.42 Å². The van der Waals surface area contributed by atoms with Gasteiger partial charge in [-0.3, -0.25) is 4.90 Å². The minimum atomic E-state index is -2.28. The van der Waals surface area contributed by atoms with Crippen molar-refractivity contribution in [3.8, 4) is 28.6 Å². The van der Waals surface area contributed by atoms with Crippen molar-refractivity contribution in [3.63, 3.8) is 0 Å². The molecular weight excluding hydrogens is 777 g/mol. The molecule has 310 valence electrons. The van der Waals surface area contributed by atoms with E-state index < -0.39 is 37.5 Å². The number of fused-ring (bicyclic) bond motifs is 6. The number of hydrogen-bond donors (Lipinski definition) is 0. The van der Waals surface area contributed by atoms with Crippen LogP contribution in [0.4, 0.5) is 19.4 Å². The fraction of sp³-hybridized carbons (Fsp3) is 0.545. The van der Waals surface area contributed by atoms with Crippen LogP contribution >= 0.6 is 11.8 Å². The maximum atomic E-state index is 17.6. The van der Waals surface area contributed by atoms with Crippen LogP contribution in [0.15, 0.2) is 35.5 Å². The van der Waals surface area contributed by atoms with Crippen LogP contribution in [0, 0.1) is 23.1 Å². The third-order valence-electron chi connectivity index (χ3n) is 12.1. The van der Waals surface area contributed by atoms with Crippen LogP contribution in [0.3, 0.4) is 0 Å². The molecule has 10 nitrogen and oxygen atoms in total. The highest BCUT2D eigenvalue weighted by Crippen LogP contribution is 2.48. The van der Waals surface area contributed by atoms with Crippen LogP contribution in [0.1, 0.15) is 80.7 Å². The van der Waals surface area contributed by atoms with Crippen LogP contribution in [-0.2, 0) is 14.2 Å². The van der Waals surface area contributed by atoms with Gasteiger partial charge in [-0.25, -0.2) is 28.5 Å². The Kier molecular flexibility index (Phi) is 11.8. The maximum absolute atomic E-state index is 17.6. The molecule has 0 aliphatic carbocycles. The van der Waals surface area contributed by atoms with Crippen LogP contribution in [0.2, 0.25) is 16.6 Å². The van der Waals surface area contributed by atoms with E-state index in [9.17, 15) is 4.79 Å². The molecule has 2 fully saturated rings. The molecule has 14 heteroatoms. The van der Waals surface area contributed by atoms with Crippen molar-refractivity contribution in [2.24, 2.45) is 0 Å². The topological polar surface area (TPSA) is 99.1 Å². The number of thioether (sulfide) groups is 1. The molecule has 3 aliphatic rings. The lowest BCUT2D eigenvalue weighted by atomic mass is 9.96. The third kappa shape index (κ3) is 7.30. The number of ether oxygens (including phenoxy) is 4. The van der Waals surface area contributed by atoms with Crippen molar-refractivity contribution in [1.29, 1.82) is 0 Å². The summed E-state index contributed by atoms with van der Waals surface area (Å²) >= 11 is 1.30. The first-order chi connectivity index (χ1) is 27.5. The Bertz CT molecular complexity index is 2270. The largest absolute Gasteiger partial charge is 0.469 e. The highest BCUT2D eigenvalue weighted by Gasteiger charge is 2.55. The molecule has 0 saturated carbocycles. The molecule has 1 amide bonds. The van der Waals surface area contributed by atoms with Gasteiger partial charge in [0.2, 0.25) is 5.88 Å². The fourth-order valence-corrected chi connectivity index (χ4v) is 15.4. The summed E-state index contributed by atoms with van der Waals surface area (Å²) in [5.41, 5.74) is 4.59. The lowest BCUT2D eigenvalue weighted by molar-refractivity contribution is -0.0684. The summed E-state index contributed by atoms with van der Waals surface area (Å²) < 4.78 is 57.8. The van der Waals surface area contributed by atoms with E-state index in [-0.39, 0.29) is 54.2 Å². The van der Waals surface area contributed by atoms with Crippen molar-refractivity contribution < 1.29 is 32.5 Å². The molecule has 2 aromatic carbocycles. The number of piperazine rings is 1. The standard InChI is InChI=1S/C44H55F2N5O5SSi/c1-24(2)58(25(3)4,26(5)6)20-19-29-31(45)17-15-27-13-12-14-30(34(27)29)37-36(46)38-35-40(49-42(48-38)57-11)50-21-28-16-18-32(51(28)43(52)56-44(7,8)9)39(50)33(22-54-23-53-10)55-41(35)47-37/h12-15,17,24-26,28,32-33,39H,16,18,21-23H2,1-11H3/t28-,32+,33+,39+/m1/s1. The lowest BCUT2D eigenvalue weighted by Gasteiger charge is -2.48. The molecule has 2 saturated heterocycles. The monoisotopic (exact) mass is 831 g/mol. The first-order valence-corrected chi connectivity index (χ1v) is 23.7. The van der Waals surface area contributed by atoms with Crippen molar-refractivity contribution in [1.82, 2.24) is 19.9 Å². The fourth-order valence-electron chi connectivity index (χ4n) is 9.80. The van der Waals surface area contributed by atoms with Crippen LogP contribution in [-0.4, -0.2) is 97.2 Å². The van der Waals surface area contributed by atoms with Gasteiger partial charge in [-0.05, 0) is 67.9 Å². The second-order valence-electron chi connectivity index (χ2n) is 17.6. The van der Waals surface area contributed by atoms with Gasteiger partial charge in [0, 0.05) is 24.6 Å². The smallest absolute Gasteiger partial charge is 0.410 e. The Labute approximate surface area is 345 Å². The summed E-state index contributed by atoms with van der Waals surface area (Å²) in [6.07, 6.45) is 2.21. The molecule has 58 heavy (non-hydrogen) atoms. The Morgan fingerprint density at radius 2 is 1.74 bits per heavy atom. The number of benzene rings is 2. The van der Waals surface area contributed by atoms with Crippen LogP contribution < -0.4 is 9.64 Å². The number of methoxy groups -OCH3 is 1. The number of nitrogens with zero attached hydrogens (tertiary/aromatic N) is 5. The van der Waals surface area contributed by atoms with Crippen molar-refractivity contribution >= 4 is 53.4 Å². The zero-order chi connectivity index (χ0) is 41.8. The molecule has 5 heterocycles. The summed E-state index contributed by atoms with van der Waals surface area (Å²) in [6, 6.07) is 7.61. The normalized spacial score (nSPS) is 20.4. The highest BCUT2D eigenvalue weighted by atomic mass is 32.2. The minimum absolute atomic E-state index is 0.0104. The molecule has 7 rings (SSSR count). The quantitative estimate of drug-likeness (QED) is 0.0405. The molecule has 0 spiro atoms. The number of carbonyl (C=O) groups excluding carboxylic acids is 1. The van der Waals surface area contributed by atoms with Crippen LogP contribution in [0.5, 0.6) is 5.88 Å². The van der Waals surface area contributed by atoms with E-state index in [4.69, 9.17) is 33.9 Å². The van der Waals surface area contributed by atoms with Gasteiger partial charge in [-0.1, -0.05) is 83.5 Å². The summed E-state index contributed by atoms with van der Waals surface area (Å²) in [4.78, 5) is 32.4. The van der Waals surface area contributed by atoms with E-state index in [1.807, 2.05) is 44.1 Å². The van der Waals surface area contributed by atoms with E-state index in [1.165, 1.54) is 17.8 Å². The van der Waals surface area contributed by atoms with Crippen molar-refractivity contribution in [2.75, 3.05) is 38.2 Å². The molecule has 0 unspecified atom stereocenters. The molecule has 0 radical (unpaired) electrons. The summed E-state index contributed by atoms with van der Waals surface area (Å²) in [6.45, 7) is 19.4.